The van der Waals surface area contributed by atoms with Crippen molar-refractivity contribution in [2.24, 2.45) is 0 Å². The Hall–Kier alpha value is -0.640. The summed E-state index contributed by atoms with van der Waals surface area (Å²) < 4.78 is 13.3. The van der Waals surface area contributed by atoms with Crippen LogP contribution in [0.5, 0.6) is 0 Å². The highest BCUT2D eigenvalue weighted by atomic mass is 35.5. The van der Waals surface area contributed by atoms with Crippen LogP contribution in [0.4, 0.5) is 4.39 Å². The smallest absolute Gasteiger partial charge is 0.141 e. The van der Waals surface area contributed by atoms with Crippen LogP contribution >= 0.6 is 11.6 Å². The Bertz CT molecular complexity index is 436. The fourth-order valence-corrected chi connectivity index (χ4v) is 2.74. The van der Waals surface area contributed by atoms with Gasteiger partial charge in [0.2, 0.25) is 0 Å². The zero-order valence-electron chi connectivity index (χ0n) is 13.1. The van der Waals surface area contributed by atoms with Gasteiger partial charge in [0.15, 0.2) is 0 Å². The van der Waals surface area contributed by atoms with Crippen molar-refractivity contribution in [3.8, 4) is 0 Å². The Balaban J connectivity index is 2.99. The molecule has 1 aromatic rings. The molecule has 20 heavy (non-hydrogen) atoms. The van der Waals surface area contributed by atoms with Crippen molar-refractivity contribution in [3.63, 3.8) is 0 Å². The maximum absolute atomic E-state index is 13.3. The van der Waals surface area contributed by atoms with E-state index in [4.69, 9.17) is 11.6 Å². The lowest BCUT2D eigenvalue weighted by Crippen LogP contribution is -2.57. The Morgan fingerprint density at radius 2 is 2.00 bits per heavy atom. The van der Waals surface area contributed by atoms with Gasteiger partial charge in [-0.3, -0.25) is 0 Å². The lowest BCUT2D eigenvalue weighted by Gasteiger charge is -2.43. The predicted molar refractivity (Wildman–Crippen MR) is 85.0 cm³/mol. The first kappa shape index (κ1) is 17.4. The lowest BCUT2D eigenvalue weighted by atomic mass is 9.84. The van der Waals surface area contributed by atoms with E-state index in [1.165, 1.54) is 6.07 Å². The van der Waals surface area contributed by atoms with E-state index < -0.39 is 0 Å². The Kier molecular flexibility index (Phi) is 6.44. The highest BCUT2D eigenvalue weighted by Gasteiger charge is 2.34. The molecule has 0 aliphatic rings. The minimum Gasteiger partial charge on any atom is -0.312 e. The van der Waals surface area contributed by atoms with Gasteiger partial charge in [-0.15, -0.1) is 0 Å². The van der Waals surface area contributed by atoms with Gasteiger partial charge in [0, 0.05) is 11.6 Å². The molecule has 0 heterocycles. The van der Waals surface area contributed by atoms with Crippen molar-refractivity contribution >= 4 is 11.6 Å². The van der Waals surface area contributed by atoms with Crippen LogP contribution in [0.15, 0.2) is 18.2 Å². The van der Waals surface area contributed by atoms with Gasteiger partial charge in [-0.2, -0.15) is 0 Å². The molecular weight excluding hydrogens is 275 g/mol. The molecule has 2 unspecified atom stereocenters. The average Bonchev–Trinajstić information content (AvgIpc) is 2.41. The number of hydrogen-bond donors (Lipinski definition) is 1. The maximum atomic E-state index is 13.3. The molecule has 0 saturated heterocycles. The van der Waals surface area contributed by atoms with Gasteiger partial charge in [-0.1, -0.05) is 31.5 Å². The zero-order valence-corrected chi connectivity index (χ0v) is 13.9. The molecule has 1 N–H and O–H groups in total. The Labute approximate surface area is 127 Å². The molecule has 0 aromatic heterocycles. The second kappa shape index (κ2) is 7.39. The summed E-state index contributed by atoms with van der Waals surface area (Å²) >= 11 is 5.88. The first-order valence-corrected chi connectivity index (χ1v) is 7.57. The van der Waals surface area contributed by atoms with Gasteiger partial charge < -0.3 is 10.2 Å². The zero-order chi connectivity index (χ0) is 15.3. The van der Waals surface area contributed by atoms with Crippen molar-refractivity contribution in [1.82, 2.24) is 10.2 Å². The number of benzene rings is 1. The van der Waals surface area contributed by atoms with E-state index in [9.17, 15) is 4.39 Å². The Morgan fingerprint density at radius 1 is 1.35 bits per heavy atom. The first-order valence-electron chi connectivity index (χ1n) is 7.19. The van der Waals surface area contributed by atoms with E-state index in [0.717, 1.165) is 24.9 Å². The molecule has 2 atom stereocenters. The van der Waals surface area contributed by atoms with Crippen molar-refractivity contribution in [1.29, 1.82) is 0 Å². The number of halogens is 2. The lowest BCUT2D eigenvalue weighted by molar-refractivity contribution is 0.113. The molecule has 0 spiro atoms. The van der Waals surface area contributed by atoms with Gasteiger partial charge in [-0.05, 0) is 58.1 Å². The predicted octanol–water partition coefficient (Wildman–Crippen LogP) is 3.73. The van der Waals surface area contributed by atoms with E-state index >= 15 is 0 Å². The van der Waals surface area contributed by atoms with Crippen molar-refractivity contribution < 1.29 is 4.39 Å². The van der Waals surface area contributed by atoms with Crippen LogP contribution < -0.4 is 5.32 Å². The minimum absolute atomic E-state index is 0.0386. The molecule has 0 radical (unpaired) electrons. The van der Waals surface area contributed by atoms with E-state index in [-0.39, 0.29) is 22.4 Å². The molecule has 4 heteroatoms. The molecule has 0 bridgehead atoms. The largest absolute Gasteiger partial charge is 0.312 e. The molecule has 1 rings (SSSR count). The van der Waals surface area contributed by atoms with Crippen LogP contribution in [0.3, 0.4) is 0 Å². The summed E-state index contributed by atoms with van der Waals surface area (Å²) in [6.07, 6.45) is 1.86. The second-order valence-corrected chi connectivity index (χ2v) is 6.08. The van der Waals surface area contributed by atoms with Crippen LogP contribution in [0.1, 0.15) is 32.8 Å². The van der Waals surface area contributed by atoms with E-state index in [2.05, 4.69) is 45.1 Å². The molecule has 0 amide bonds. The normalized spacial score (nSPS) is 16.2. The van der Waals surface area contributed by atoms with Crippen LogP contribution in [0.2, 0.25) is 5.02 Å². The molecule has 0 aliphatic heterocycles. The quantitative estimate of drug-likeness (QED) is 0.825. The molecule has 2 nitrogen and oxygen atoms in total. The Morgan fingerprint density at radius 3 is 2.45 bits per heavy atom. The number of likely N-dealkylation sites (N-methyl/N-ethyl adjacent to an activating group) is 2. The van der Waals surface area contributed by atoms with Gasteiger partial charge in [-0.25, -0.2) is 4.39 Å². The molecule has 0 aliphatic carbocycles. The third kappa shape index (κ3) is 3.94. The summed E-state index contributed by atoms with van der Waals surface area (Å²) in [5.74, 6) is -0.360. The third-order valence-electron chi connectivity index (χ3n) is 4.36. The summed E-state index contributed by atoms with van der Waals surface area (Å²) in [4.78, 5) is 2.26. The summed E-state index contributed by atoms with van der Waals surface area (Å²) in [6, 6.07) is 5.28. The van der Waals surface area contributed by atoms with Crippen LogP contribution in [0.25, 0.3) is 0 Å². The average molecular weight is 301 g/mol. The van der Waals surface area contributed by atoms with E-state index in [1.54, 1.807) is 6.07 Å². The van der Waals surface area contributed by atoms with Crippen LogP contribution in [0, 0.1) is 5.82 Å². The van der Waals surface area contributed by atoms with Crippen LogP contribution in [-0.2, 0) is 6.42 Å². The fourth-order valence-electron chi connectivity index (χ4n) is 2.53. The van der Waals surface area contributed by atoms with E-state index in [0.29, 0.717) is 0 Å². The topological polar surface area (TPSA) is 15.3 Å². The number of nitrogens with one attached hydrogen (secondary N) is 1. The number of rotatable bonds is 7. The number of nitrogens with zero attached hydrogens (tertiary/aromatic N) is 1. The van der Waals surface area contributed by atoms with Crippen molar-refractivity contribution in [2.45, 2.75) is 45.2 Å². The highest BCUT2D eigenvalue weighted by Crippen LogP contribution is 2.25. The second-order valence-electron chi connectivity index (χ2n) is 5.67. The number of hydrogen-bond acceptors (Lipinski definition) is 2. The molecule has 1 aromatic carbocycles. The fraction of sp³-hybridized carbons (Fsp3) is 0.625. The van der Waals surface area contributed by atoms with Crippen LogP contribution in [-0.4, -0.2) is 37.1 Å². The van der Waals surface area contributed by atoms with Gasteiger partial charge >= 0.3 is 0 Å². The monoisotopic (exact) mass is 300 g/mol. The SMILES string of the molecule is CCNC(Cc1ccc(F)c(Cl)c1)C(C)(CC)N(C)C. The minimum atomic E-state index is -0.360. The summed E-state index contributed by atoms with van der Waals surface area (Å²) in [5.41, 5.74) is 1.10. The van der Waals surface area contributed by atoms with E-state index in [1.807, 2.05) is 6.07 Å². The van der Waals surface area contributed by atoms with Crippen molar-refractivity contribution in [3.05, 3.63) is 34.6 Å². The summed E-state index contributed by atoms with van der Waals surface area (Å²) in [7, 11) is 4.21. The first-order chi connectivity index (χ1) is 9.35. The molecule has 0 fully saturated rings. The van der Waals surface area contributed by atoms with Gasteiger partial charge in [0.25, 0.3) is 0 Å². The standard InChI is InChI=1S/C16H26ClFN2/c1-6-16(3,20(4)5)15(19-7-2)11-12-8-9-14(18)13(17)10-12/h8-10,15,19H,6-7,11H2,1-5H3. The molecule has 0 saturated carbocycles. The maximum Gasteiger partial charge on any atom is 0.141 e. The van der Waals surface area contributed by atoms with Gasteiger partial charge in [0.05, 0.1) is 5.02 Å². The summed E-state index contributed by atoms with van der Waals surface area (Å²) in [6.45, 7) is 7.47. The highest BCUT2D eigenvalue weighted by molar-refractivity contribution is 6.30. The van der Waals surface area contributed by atoms with Gasteiger partial charge in [0.1, 0.15) is 5.82 Å². The third-order valence-corrected chi connectivity index (χ3v) is 4.65. The van der Waals surface area contributed by atoms with Crippen molar-refractivity contribution in [2.75, 3.05) is 20.6 Å². The summed E-state index contributed by atoms with van der Waals surface area (Å²) in [5, 5.41) is 3.75. The molecule has 114 valence electrons. The molecular formula is C16H26ClFN2.